The Bertz CT molecular complexity index is 467. The Morgan fingerprint density at radius 2 is 2.20 bits per heavy atom. The predicted octanol–water partition coefficient (Wildman–Crippen LogP) is 0.662. The number of rotatable bonds is 3. The first-order chi connectivity index (χ1) is 6.96. The second kappa shape index (κ2) is 4.39. The van der Waals surface area contributed by atoms with Gasteiger partial charge in [0.15, 0.2) is 15.5 Å². The SMILES string of the molecule is CCOC(=O)c1ncccc1S(C)(=O)=O. The largest absolute Gasteiger partial charge is 0.461 e. The molecular formula is C9H11NO4S. The van der Waals surface area contributed by atoms with E-state index in [1.54, 1.807) is 6.92 Å². The Balaban J connectivity index is 3.25. The van der Waals surface area contributed by atoms with E-state index in [-0.39, 0.29) is 17.2 Å². The molecule has 0 aliphatic carbocycles. The van der Waals surface area contributed by atoms with Gasteiger partial charge in [-0.05, 0) is 19.1 Å². The molecule has 0 fully saturated rings. The minimum atomic E-state index is -3.46. The number of pyridine rings is 1. The first kappa shape index (κ1) is 11.6. The highest BCUT2D eigenvalue weighted by Gasteiger charge is 2.20. The zero-order chi connectivity index (χ0) is 11.5. The summed E-state index contributed by atoms with van der Waals surface area (Å²) in [6.45, 7) is 1.82. The molecule has 1 aromatic rings. The lowest BCUT2D eigenvalue weighted by Crippen LogP contribution is -2.13. The van der Waals surface area contributed by atoms with Gasteiger partial charge in [-0.1, -0.05) is 0 Å². The van der Waals surface area contributed by atoms with Crippen LogP contribution in [0, 0.1) is 0 Å². The van der Waals surface area contributed by atoms with E-state index >= 15 is 0 Å². The van der Waals surface area contributed by atoms with E-state index in [2.05, 4.69) is 4.98 Å². The van der Waals surface area contributed by atoms with Gasteiger partial charge in [0.2, 0.25) is 0 Å². The molecule has 0 bridgehead atoms. The van der Waals surface area contributed by atoms with Crippen molar-refractivity contribution in [2.75, 3.05) is 12.9 Å². The van der Waals surface area contributed by atoms with Crippen molar-refractivity contribution < 1.29 is 17.9 Å². The van der Waals surface area contributed by atoms with Crippen molar-refractivity contribution in [3.05, 3.63) is 24.0 Å². The first-order valence-electron chi connectivity index (χ1n) is 4.29. The quantitative estimate of drug-likeness (QED) is 0.712. The third-order valence-corrected chi connectivity index (χ3v) is 2.77. The van der Waals surface area contributed by atoms with Crippen LogP contribution in [-0.2, 0) is 14.6 Å². The van der Waals surface area contributed by atoms with Crippen LogP contribution in [0.4, 0.5) is 0 Å². The normalized spacial score (nSPS) is 11.1. The number of carbonyl (C=O) groups excluding carboxylic acids is 1. The average Bonchev–Trinajstić information content (AvgIpc) is 2.17. The summed E-state index contributed by atoms with van der Waals surface area (Å²) in [6, 6.07) is 2.79. The monoisotopic (exact) mass is 229 g/mol. The van der Waals surface area contributed by atoms with Gasteiger partial charge in [-0.2, -0.15) is 0 Å². The lowest BCUT2D eigenvalue weighted by atomic mass is 10.3. The molecule has 6 heteroatoms. The summed E-state index contributed by atoms with van der Waals surface area (Å²) in [5.74, 6) is -0.724. The Morgan fingerprint density at radius 1 is 1.53 bits per heavy atom. The van der Waals surface area contributed by atoms with Gasteiger partial charge in [-0.25, -0.2) is 18.2 Å². The molecule has 15 heavy (non-hydrogen) atoms. The maximum absolute atomic E-state index is 11.4. The number of ether oxygens (including phenoxy) is 1. The van der Waals surface area contributed by atoms with E-state index in [0.29, 0.717) is 0 Å². The van der Waals surface area contributed by atoms with Crippen LogP contribution in [0.2, 0.25) is 0 Å². The minimum absolute atomic E-state index is 0.108. The molecule has 0 unspecified atom stereocenters. The summed E-state index contributed by atoms with van der Waals surface area (Å²) >= 11 is 0. The van der Waals surface area contributed by atoms with Crippen molar-refractivity contribution in [1.29, 1.82) is 0 Å². The van der Waals surface area contributed by atoms with E-state index in [1.165, 1.54) is 18.3 Å². The molecule has 1 aromatic heterocycles. The maximum atomic E-state index is 11.4. The Morgan fingerprint density at radius 3 is 2.73 bits per heavy atom. The van der Waals surface area contributed by atoms with Crippen molar-refractivity contribution in [3.8, 4) is 0 Å². The molecule has 0 amide bonds. The molecule has 0 radical (unpaired) electrons. The van der Waals surface area contributed by atoms with Crippen molar-refractivity contribution in [1.82, 2.24) is 4.98 Å². The molecule has 0 saturated heterocycles. The molecule has 1 heterocycles. The molecule has 0 aromatic carbocycles. The molecular weight excluding hydrogens is 218 g/mol. The second-order valence-electron chi connectivity index (χ2n) is 2.84. The van der Waals surface area contributed by atoms with E-state index in [1.807, 2.05) is 0 Å². The summed E-state index contributed by atoms with van der Waals surface area (Å²) in [7, 11) is -3.46. The molecule has 0 aliphatic heterocycles. The standard InChI is InChI=1S/C9H11NO4S/c1-3-14-9(11)8-7(15(2,12)13)5-4-6-10-8/h4-6H,3H2,1-2H3. The van der Waals surface area contributed by atoms with Crippen LogP contribution < -0.4 is 0 Å². The number of aromatic nitrogens is 1. The number of carbonyl (C=O) groups is 1. The number of nitrogens with zero attached hydrogens (tertiary/aromatic N) is 1. The summed E-state index contributed by atoms with van der Waals surface area (Å²) < 4.78 is 27.3. The van der Waals surface area contributed by atoms with Crippen LogP contribution >= 0.6 is 0 Å². The highest BCUT2D eigenvalue weighted by molar-refractivity contribution is 7.90. The van der Waals surface area contributed by atoms with Crippen LogP contribution in [0.5, 0.6) is 0 Å². The third kappa shape index (κ3) is 2.76. The zero-order valence-electron chi connectivity index (χ0n) is 8.43. The number of hydrogen-bond donors (Lipinski definition) is 0. The molecule has 5 nitrogen and oxygen atoms in total. The molecule has 0 N–H and O–H groups in total. The van der Waals surface area contributed by atoms with Gasteiger partial charge in [-0.15, -0.1) is 0 Å². The van der Waals surface area contributed by atoms with E-state index in [4.69, 9.17) is 4.74 Å². The molecule has 0 spiro atoms. The molecule has 0 saturated carbocycles. The van der Waals surface area contributed by atoms with Crippen molar-refractivity contribution in [3.63, 3.8) is 0 Å². The Hall–Kier alpha value is -1.43. The molecule has 0 aliphatic rings. The van der Waals surface area contributed by atoms with E-state index < -0.39 is 15.8 Å². The van der Waals surface area contributed by atoms with Crippen molar-refractivity contribution in [2.45, 2.75) is 11.8 Å². The Kier molecular flexibility index (Phi) is 3.41. The van der Waals surface area contributed by atoms with Gasteiger partial charge < -0.3 is 4.74 Å². The molecule has 1 rings (SSSR count). The van der Waals surface area contributed by atoms with E-state index in [0.717, 1.165) is 6.26 Å². The van der Waals surface area contributed by atoms with Crippen LogP contribution in [-0.4, -0.2) is 32.2 Å². The van der Waals surface area contributed by atoms with Crippen LogP contribution in [0.15, 0.2) is 23.2 Å². The number of hydrogen-bond acceptors (Lipinski definition) is 5. The van der Waals surface area contributed by atoms with Gasteiger partial charge >= 0.3 is 5.97 Å². The van der Waals surface area contributed by atoms with E-state index in [9.17, 15) is 13.2 Å². The fourth-order valence-electron chi connectivity index (χ4n) is 1.04. The summed E-state index contributed by atoms with van der Waals surface area (Å²) in [5.41, 5.74) is -0.165. The lowest BCUT2D eigenvalue weighted by molar-refractivity contribution is 0.0514. The summed E-state index contributed by atoms with van der Waals surface area (Å²) in [6.07, 6.45) is 2.37. The van der Waals surface area contributed by atoms with Gasteiger partial charge in [0.05, 0.1) is 11.5 Å². The zero-order valence-corrected chi connectivity index (χ0v) is 9.24. The van der Waals surface area contributed by atoms with Crippen LogP contribution in [0.3, 0.4) is 0 Å². The topological polar surface area (TPSA) is 73.3 Å². The summed E-state index contributed by atoms with van der Waals surface area (Å²) in [5, 5.41) is 0. The van der Waals surface area contributed by atoms with Gasteiger partial charge in [0.25, 0.3) is 0 Å². The van der Waals surface area contributed by atoms with Crippen molar-refractivity contribution >= 4 is 15.8 Å². The van der Waals surface area contributed by atoms with Crippen molar-refractivity contribution in [2.24, 2.45) is 0 Å². The summed E-state index contributed by atoms with van der Waals surface area (Å²) in [4.78, 5) is 15.0. The highest BCUT2D eigenvalue weighted by Crippen LogP contribution is 2.13. The molecule has 0 atom stereocenters. The predicted molar refractivity (Wildman–Crippen MR) is 53.3 cm³/mol. The third-order valence-electron chi connectivity index (χ3n) is 1.64. The Labute approximate surface area is 88.0 Å². The fourth-order valence-corrected chi connectivity index (χ4v) is 1.86. The van der Waals surface area contributed by atoms with Gasteiger partial charge in [-0.3, -0.25) is 0 Å². The maximum Gasteiger partial charge on any atom is 0.358 e. The lowest BCUT2D eigenvalue weighted by Gasteiger charge is -2.05. The average molecular weight is 229 g/mol. The van der Waals surface area contributed by atoms with Gasteiger partial charge in [0.1, 0.15) is 0 Å². The van der Waals surface area contributed by atoms with Gasteiger partial charge in [0, 0.05) is 12.5 Å². The highest BCUT2D eigenvalue weighted by atomic mass is 32.2. The fraction of sp³-hybridized carbons (Fsp3) is 0.333. The van der Waals surface area contributed by atoms with Crippen LogP contribution in [0.25, 0.3) is 0 Å². The number of esters is 1. The molecule has 82 valence electrons. The smallest absolute Gasteiger partial charge is 0.358 e. The van der Waals surface area contributed by atoms with Crippen LogP contribution in [0.1, 0.15) is 17.4 Å². The number of sulfone groups is 1. The first-order valence-corrected chi connectivity index (χ1v) is 6.18. The minimum Gasteiger partial charge on any atom is -0.461 e. The second-order valence-corrected chi connectivity index (χ2v) is 4.83.